The Labute approximate surface area is 205 Å². The van der Waals surface area contributed by atoms with Gasteiger partial charge in [0, 0.05) is 42.2 Å². The van der Waals surface area contributed by atoms with Gasteiger partial charge in [0.05, 0.1) is 11.2 Å². The zero-order chi connectivity index (χ0) is 24.9. The average Bonchev–Trinajstić information content (AvgIpc) is 3.32. The summed E-state index contributed by atoms with van der Waals surface area (Å²) in [5.41, 5.74) is 0.630. The number of nitrogens with zero attached hydrogens (tertiary/aromatic N) is 4. The number of aryl methyl sites for hydroxylation is 1. The van der Waals surface area contributed by atoms with Gasteiger partial charge in [-0.2, -0.15) is 4.39 Å². The third-order valence-electron chi connectivity index (χ3n) is 6.55. The highest BCUT2D eigenvalue weighted by molar-refractivity contribution is 6.32. The first-order valence-electron chi connectivity index (χ1n) is 11.3. The van der Waals surface area contributed by atoms with E-state index < -0.39 is 17.4 Å². The van der Waals surface area contributed by atoms with E-state index in [0.29, 0.717) is 36.9 Å². The van der Waals surface area contributed by atoms with E-state index in [2.05, 4.69) is 15.4 Å². The monoisotopic (exact) mass is 499 g/mol. The number of carbonyl (C=O) groups excluding carboxylic acids is 1. The van der Waals surface area contributed by atoms with Gasteiger partial charge in [0.15, 0.2) is 0 Å². The molecule has 1 amide bonds. The largest absolute Gasteiger partial charge is 0.390 e. The van der Waals surface area contributed by atoms with Gasteiger partial charge in [-0.15, -0.1) is 5.10 Å². The molecule has 0 aliphatic heterocycles. The summed E-state index contributed by atoms with van der Waals surface area (Å²) in [7, 11) is 1.58. The smallest absolute Gasteiger partial charge is 0.251 e. The molecule has 10 heteroatoms. The minimum absolute atomic E-state index is 0.0202. The number of fused-ring (bicyclic) bond motifs is 1. The number of carbonyl (C=O) groups is 1. The number of halogens is 3. The average molecular weight is 500 g/mol. The summed E-state index contributed by atoms with van der Waals surface area (Å²) in [6.45, 7) is 1.81. The van der Waals surface area contributed by atoms with Gasteiger partial charge in [-0.3, -0.25) is 13.9 Å². The maximum atomic E-state index is 15.1. The molecule has 7 nitrogen and oxygen atoms in total. The maximum absolute atomic E-state index is 15.1. The quantitative estimate of drug-likeness (QED) is 0.424. The lowest BCUT2D eigenvalue weighted by Gasteiger charge is -2.33. The van der Waals surface area contributed by atoms with E-state index in [1.165, 1.54) is 23.0 Å². The zero-order valence-corrected chi connectivity index (χ0v) is 20.0. The third kappa shape index (κ3) is 4.41. The van der Waals surface area contributed by atoms with Crippen LogP contribution in [0, 0.1) is 11.8 Å². The van der Waals surface area contributed by atoms with E-state index in [-0.39, 0.29) is 39.5 Å². The van der Waals surface area contributed by atoms with Crippen LogP contribution in [-0.2, 0) is 7.05 Å². The molecule has 0 bridgehead atoms. The number of pyridine rings is 1. The van der Waals surface area contributed by atoms with Crippen molar-refractivity contribution >= 4 is 23.2 Å². The van der Waals surface area contributed by atoms with Crippen LogP contribution in [0.3, 0.4) is 0 Å². The number of rotatable bonds is 4. The van der Waals surface area contributed by atoms with Crippen molar-refractivity contribution in [3.8, 4) is 22.4 Å². The second kappa shape index (κ2) is 8.73. The number of aromatic nitrogens is 4. The number of amides is 1. The highest BCUT2D eigenvalue weighted by atomic mass is 35.5. The van der Waals surface area contributed by atoms with Crippen LogP contribution >= 0.6 is 11.6 Å². The predicted octanol–water partition coefficient (Wildman–Crippen LogP) is 4.76. The van der Waals surface area contributed by atoms with Crippen LogP contribution in [0.1, 0.15) is 43.0 Å². The standard InChI is InChI=1S/C25H24ClF2N5O2/c1-25(35)9-6-15(7-10-25)29-24(34)14-8-11-33-19(12-14)30-21(22(33)26)20-16(4-3-5-18(20)27)17-13-32(2)31-23(17)28/h3-5,8,11-13,15,35H,6-7,9-10H2,1-2H3,(H,29,34). The first kappa shape index (κ1) is 23.4. The fraction of sp³-hybridized carbons (Fsp3) is 0.320. The predicted molar refractivity (Wildman–Crippen MR) is 128 cm³/mol. The molecule has 1 aromatic carbocycles. The minimum Gasteiger partial charge on any atom is -0.390 e. The molecule has 0 atom stereocenters. The summed E-state index contributed by atoms with van der Waals surface area (Å²) in [5, 5.41) is 17.0. The van der Waals surface area contributed by atoms with Crippen molar-refractivity contribution in [3.05, 3.63) is 65.2 Å². The lowest BCUT2D eigenvalue weighted by molar-refractivity contribution is 0.0140. The second-order valence-electron chi connectivity index (χ2n) is 9.31. The maximum Gasteiger partial charge on any atom is 0.251 e. The molecule has 0 radical (unpaired) electrons. The minimum atomic E-state index is -0.734. The lowest BCUT2D eigenvalue weighted by atomic mass is 9.83. The van der Waals surface area contributed by atoms with Crippen molar-refractivity contribution in [1.29, 1.82) is 0 Å². The van der Waals surface area contributed by atoms with Gasteiger partial charge in [0.1, 0.15) is 22.3 Å². The third-order valence-corrected chi connectivity index (χ3v) is 6.91. The molecular formula is C25H24ClF2N5O2. The summed E-state index contributed by atoms with van der Waals surface area (Å²) in [4.78, 5) is 17.4. The van der Waals surface area contributed by atoms with Crippen molar-refractivity contribution in [2.75, 3.05) is 0 Å². The molecule has 1 saturated carbocycles. The first-order chi connectivity index (χ1) is 16.6. The molecule has 0 saturated heterocycles. The van der Waals surface area contributed by atoms with E-state index in [9.17, 15) is 14.3 Å². The fourth-order valence-corrected chi connectivity index (χ4v) is 4.88. The zero-order valence-electron chi connectivity index (χ0n) is 19.2. The van der Waals surface area contributed by atoms with E-state index >= 15 is 4.39 Å². The molecule has 3 aromatic heterocycles. The van der Waals surface area contributed by atoms with Crippen LogP contribution in [0.5, 0.6) is 0 Å². The van der Waals surface area contributed by atoms with Gasteiger partial charge in [-0.1, -0.05) is 23.7 Å². The normalized spacial score (nSPS) is 20.3. The number of imidazole rings is 1. The van der Waals surface area contributed by atoms with E-state index in [1.807, 2.05) is 6.92 Å². The van der Waals surface area contributed by atoms with Crippen molar-refractivity contribution < 1.29 is 18.7 Å². The summed E-state index contributed by atoms with van der Waals surface area (Å²) in [5.74, 6) is -1.60. The van der Waals surface area contributed by atoms with Crippen LogP contribution in [0.15, 0.2) is 42.7 Å². The van der Waals surface area contributed by atoms with E-state index in [1.54, 1.807) is 35.8 Å². The van der Waals surface area contributed by atoms with Gasteiger partial charge in [-0.25, -0.2) is 9.37 Å². The molecule has 4 aromatic rings. The lowest BCUT2D eigenvalue weighted by Crippen LogP contribution is -2.42. The Bertz CT molecular complexity index is 1440. The van der Waals surface area contributed by atoms with Crippen LogP contribution in [0.4, 0.5) is 8.78 Å². The molecule has 1 fully saturated rings. The highest BCUT2D eigenvalue weighted by Gasteiger charge is 2.29. The molecule has 0 unspecified atom stereocenters. The Morgan fingerprint density at radius 1 is 1.23 bits per heavy atom. The molecule has 182 valence electrons. The van der Waals surface area contributed by atoms with E-state index in [4.69, 9.17) is 11.6 Å². The first-order valence-corrected chi connectivity index (χ1v) is 11.7. The van der Waals surface area contributed by atoms with Crippen LogP contribution in [-0.4, -0.2) is 41.8 Å². The van der Waals surface area contributed by atoms with Gasteiger partial charge in [0.2, 0.25) is 5.95 Å². The molecule has 5 rings (SSSR count). The number of aliphatic hydroxyl groups is 1. The second-order valence-corrected chi connectivity index (χ2v) is 9.67. The fourth-order valence-electron chi connectivity index (χ4n) is 4.60. The van der Waals surface area contributed by atoms with Gasteiger partial charge in [0.25, 0.3) is 5.91 Å². The number of hydrogen-bond acceptors (Lipinski definition) is 4. The summed E-state index contributed by atoms with van der Waals surface area (Å²) >= 11 is 6.58. The Hall–Kier alpha value is -3.30. The molecule has 1 aliphatic carbocycles. The van der Waals surface area contributed by atoms with Crippen molar-refractivity contribution in [2.45, 2.75) is 44.2 Å². The van der Waals surface area contributed by atoms with E-state index in [0.717, 1.165) is 0 Å². The van der Waals surface area contributed by atoms with Gasteiger partial charge in [-0.05, 0) is 50.8 Å². The molecule has 1 aliphatic rings. The Kier molecular flexibility index (Phi) is 5.85. The summed E-state index contributed by atoms with van der Waals surface area (Å²) in [6, 6.07) is 7.49. The molecular weight excluding hydrogens is 476 g/mol. The van der Waals surface area contributed by atoms with Crippen LogP contribution in [0.25, 0.3) is 28.0 Å². The molecule has 0 spiro atoms. The molecule has 2 N–H and O–H groups in total. The van der Waals surface area contributed by atoms with Crippen LogP contribution < -0.4 is 5.32 Å². The van der Waals surface area contributed by atoms with Gasteiger partial charge < -0.3 is 10.4 Å². The molecule has 3 heterocycles. The van der Waals surface area contributed by atoms with Gasteiger partial charge >= 0.3 is 0 Å². The van der Waals surface area contributed by atoms with Crippen molar-refractivity contribution in [3.63, 3.8) is 0 Å². The summed E-state index contributed by atoms with van der Waals surface area (Å²) in [6.07, 6.45) is 5.70. The topological polar surface area (TPSA) is 84.5 Å². The van der Waals surface area contributed by atoms with Crippen molar-refractivity contribution in [1.82, 2.24) is 24.5 Å². The Balaban J connectivity index is 1.50. The summed E-state index contributed by atoms with van der Waals surface area (Å²) < 4.78 is 32.3. The number of benzene rings is 1. The number of nitrogens with one attached hydrogen (secondary N) is 1. The highest BCUT2D eigenvalue weighted by Crippen LogP contribution is 2.38. The van der Waals surface area contributed by atoms with Crippen LogP contribution in [0.2, 0.25) is 5.15 Å². The number of hydrogen-bond donors (Lipinski definition) is 2. The SMILES string of the molecule is Cn1cc(-c2cccc(F)c2-c2nc3cc(C(=O)NC4CCC(C)(O)CC4)ccn3c2Cl)c(F)n1. The molecule has 35 heavy (non-hydrogen) atoms. The van der Waals surface area contributed by atoms with Crippen molar-refractivity contribution in [2.24, 2.45) is 7.05 Å². The Morgan fingerprint density at radius 2 is 1.97 bits per heavy atom. The Morgan fingerprint density at radius 3 is 2.66 bits per heavy atom.